The average molecular weight is 360 g/mol. The number of hydrogen-bond donors (Lipinski definition) is 1. The van der Waals surface area contributed by atoms with E-state index in [9.17, 15) is 14.9 Å². The van der Waals surface area contributed by atoms with Crippen molar-refractivity contribution in [3.05, 3.63) is 52.6 Å². The molecule has 0 saturated heterocycles. The number of ether oxygens (including phenoxy) is 3. The van der Waals surface area contributed by atoms with Crippen LogP contribution in [0.4, 0.5) is 11.4 Å². The molecule has 1 N–H and O–H groups in total. The molecule has 1 amide bonds. The van der Waals surface area contributed by atoms with Gasteiger partial charge in [-0.2, -0.15) is 0 Å². The molecule has 138 valence electrons. The van der Waals surface area contributed by atoms with Crippen molar-refractivity contribution < 1.29 is 23.9 Å². The predicted molar refractivity (Wildman–Crippen MR) is 96.0 cm³/mol. The molecule has 0 aliphatic carbocycles. The van der Waals surface area contributed by atoms with Gasteiger partial charge in [-0.15, -0.1) is 0 Å². The summed E-state index contributed by atoms with van der Waals surface area (Å²) >= 11 is 0. The highest BCUT2D eigenvalue weighted by molar-refractivity contribution is 5.96. The van der Waals surface area contributed by atoms with Gasteiger partial charge in [0.2, 0.25) is 0 Å². The third kappa shape index (κ3) is 4.62. The van der Waals surface area contributed by atoms with Crippen LogP contribution in [0.3, 0.4) is 0 Å². The van der Waals surface area contributed by atoms with Crippen LogP contribution in [-0.2, 0) is 4.79 Å². The van der Waals surface area contributed by atoms with Crippen LogP contribution in [0.5, 0.6) is 17.2 Å². The quantitative estimate of drug-likeness (QED) is 0.572. The number of amides is 1. The van der Waals surface area contributed by atoms with Gasteiger partial charge in [0.05, 0.1) is 24.8 Å². The molecule has 0 saturated carbocycles. The number of nitro groups is 1. The maximum atomic E-state index is 12.6. The van der Waals surface area contributed by atoms with Crippen molar-refractivity contribution in [2.75, 3.05) is 19.5 Å². The van der Waals surface area contributed by atoms with Crippen LogP contribution in [0.25, 0.3) is 0 Å². The lowest BCUT2D eigenvalue weighted by Gasteiger charge is -2.18. The van der Waals surface area contributed by atoms with Gasteiger partial charge in [-0.1, -0.05) is 13.0 Å². The third-order valence-electron chi connectivity index (χ3n) is 3.63. The van der Waals surface area contributed by atoms with Gasteiger partial charge in [0.15, 0.2) is 6.10 Å². The molecule has 2 aromatic carbocycles. The van der Waals surface area contributed by atoms with E-state index in [1.54, 1.807) is 31.2 Å². The molecule has 2 rings (SSSR count). The molecular weight excluding hydrogens is 340 g/mol. The zero-order valence-electron chi connectivity index (χ0n) is 14.7. The monoisotopic (exact) mass is 360 g/mol. The molecule has 0 heterocycles. The van der Waals surface area contributed by atoms with Crippen molar-refractivity contribution in [2.45, 2.75) is 19.4 Å². The second kappa shape index (κ2) is 8.70. The molecular formula is C18H20N2O6. The Kier molecular flexibility index (Phi) is 6.37. The number of anilines is 1. The SMILES string of the molecule is CCC(Oc1cccc(OC)c1)C(=O)Nc1cc([N+](=O)[O-])ccc1OC. The fourth-order valence-corrected chi connectivity index (χ4v) is 2.28. The Balaban J connectivity index is 2.18. The smallest absolute Gasteiger partial charge is 0.271 e. The van der Waals surface area contributed by atoms with Crippen LogP contribution in [0.1, 0.15) is 13.3 Å². The van der Waals surface area contributed by atoms with E-state index in [0.29, 0.717) is 23.7 Å². The topological polar surface area (TPSA) is 99.9 Å². The third-order valence-corrected chi connectivity index (χ3v) is 3.63. The molecule has 0 fully saturated rings. The summed E-state index contributed by atoms with van der Waals surface area (Å²) in [5.41, 5.74) is 0.0576. The van der Waals surface area contributed by atoms with Gasteiger partial charge < -0.3 is 19.5 Å². The van der Waals surface area contributed by atoms with E-state index in [2.05, 4.69) is 5.32 Å². The van der Waals surface area contributed by atoms with Crippen molar-refractivity contribution in [1.29, 1.82) is 0 Å². The van der Waals surface area contributed by atoms with Gasteiger partial charge in [-0.05, 0) is 24.6 Å². The summed E-state index contributed by atoms with van der Waals surface area (Å²) in [5, 5.41) is 13.6. The summed E-state index contributed by atoms with van der Waals surface area (Å²) in [6.07, 6.45) is -0.383. The Morgan fingerprint density at radius 3 is 2.50 bits per heavy atom. The van der Waals surface area contributed by atoms with E-state index in [1.807, 2.05) is 0 Å². The Labute approximate surface area is 150 Å². The lowest BCUT2D eigenvalue weighted by molar-refractivity contribution is -0.384. The molecule has 0 aliphatic heterocycles. The number of non-ortho nitro benzene ring substituents is 1. The minimum atomic E-state index is -0.786. The lowest BCUT2D eigenvalue weighted by Crippen LogP contribution is -2.32. The number of rotatable bonds is 8. The lowest BCUT2D eigenvalue weighted by atomic mass is 10.2. The Morgan fingerprint density at radius 1 is 1.15 bits per heavy atom. The predicted octanol–water partition coefficient (Wildman–Crippen LogP) is 3.41. The number of nitrogens with zero attached hydrogens (tertiary/aromatic N) is 1. The molecule has 0 aromatic heterocycles. The number of carbonyl (C=O) groups is 1. The van der Waals surface area contributed by atoms with Gasteiger partial charge in [0.1, 0.15) is 17.2 Å². The molecule has 1 atom stereocenters. The molecule has 2 aromatic rings. The second-order valence-electron chi connectivity index (χ2n) is 5.32. The molecule has 8 heteroatoms. The average Bonchev–Trinajstić information content (AvgIpc) is 2.65. The Bertz CT molecular complexity index is 793. The molecule has 0 radical (unpaired) electrons. The number of nitrogens with one attached hydrogen (secondary N) is 1. The van der Waals surface area contributed by atoms with Crippen LogP contribution in [-0.4, -0.2) is 31.2 Å². The molecule has 0 aliphatic rings. The summed E-state index contributed by atoms with van der Waals surface area (Å²) in [5.74, 6) is 0.977. The zero-order valence-corrected chi connectivity index (χ0v) is 14.7. The number of methoxy groups -OCH3 is 2. The van der Waals surface area contributed by atoms with Crippen LogP contribution in [0, 0.1) is 10.1 Å². The summed E-state index contributed by atoms with van der Waals surface area (Å²) in [4.78, 5) is 23.0. The normalized spacial score (nSPS) is 11.3. The number of benzene rings is 2. The standard InChI is InChI=1S/C18H20N2O6/c1-4-16(26-14-7-5-6-13(11-14)24-2)18(21)19-15-10-12(20(22)23)8-9-17(15)25-3/h5-11,16H,4H2,1-3H3,(H,19,21). The Hall–Kier alpha value is -3.29. The van der Waals surface area contributed by atoms with Gasteiger partial charge in [-0.3, -0.25) is 14.9 Å². The summed E-state index contributed by atoms with van der Waals surface area (Å²) in [7, 11) is 2.96. The van der Waals surface area contributed by atoms with Crippen LogP contribution >= 0.6 is 0 Å². The molecule has 26 heavy (non-hydrogen) atoms. The molecule has 0 spiro atoms. The van der Waals surface area contributed by atoms with Crippen LogP contribution in [0.15, 0.2) is 42.5 Å². The molecule has 0 bridgehead atoms. The van der Waals surface area contributed by atoms with E-state index >= 15 is 0 Å². The maximum Gasteiger partial charge on any atom is 0.271 e. The number of carbonyl (C=O) groups excluding carboxylic acids is 1. The highest BCUT2D eigenvalue weighted by atomic mass is 16.6. The first kappa shape index (κ1) is 19.0. The minimum Gasteiger partial charge on any atom is -0.497 e. The van der Waals surface area contributed by atoms with Gasteiger partial charge in [0.25, 0.3) is 11.6 Å². The maximum absolute atomic E-state index is 12.6. The van der Waals surface area contributed by atoms with E-state index in [1.165, 1.54) is 32.4 Å². The second-order valence-corrected chi connectivity index (χ2v) is 5.32. The van der Waals surface area contributed by atoms with Gasteiger partial charge in [-0.25, -0.2) is 0 Å². The zero-order chi connectivity index (χ0) is 19.1. The summed E-state index contributed by atoms with van der Waals surface area (Å²) in [6, 6.07) is 10.9. The highest BCUT2D eigenvalue weighted by Crippen LogP contribution is 2.29. The van der Waals surface area contributed by atoms with E-state index < -0.39 is 16.9 Å². The summed E-state index contributed by atoms with van der Waals surface area (Å²) < 4.78 is 16.0. The first-order chi connectivity index (χ1) is 12.5. The largest absolute Gasteiger partial charge is 0.497 e. The van der Waals surface area contributed by atoms with E-state index in [-0.39, 0.29) is 11.4 Å². The summed E-state index contributed by atoms with van der Waals surface area (Å²) in [6.45, 7) is 1.80. The van der Waals surface area contributed by atoms with Gasteiger partial charge >= 0.3 is 0 Å². The molecule has 1 unspecified atom stereocenters. The number of nitro benzene ring substituents is 1. The van der Waals surface area contributed by atoms with Crippen molar-refractivity contribution in [2.24, 2.45) is 0 Å². The van der Waals surface area contributed by atoms with Crippen LogP contribution in [0.2, 0.25) is 0 Å². The Morgan fingerprint density at radius 2 is 1.88 bits per heavy atom. The fourth-order valence-electron chi connectivity index (χ4n) is 2.28. The molecule has 8 nitrogen and oxygen atoms in total. The van der Waals surface area contributed by atoms with Gasteiger partial charge in [0, 0.05) is 18.2 Å². The number of hydrogen-bond acceptors (Lipinski definition) is 6. The van der Waals surface area contributed by atoms with Crippen molar-refractivity contribution in [1.82, 2.24) is 0 Å². The van der Waals surface area contributed by atoms with E-state index in [4.69, 9.17) is 14.2 Å². The van der Waals surface area contributed by atoms with Crippen LogP contribution < -0.4 is 19.5 Å². The first-order valence-electron chi connectivity index (χ1n) is 7.92. The van der Waals surface area contributed by atoms with E-state index in [0.717, 1.165) is 0 Å². The van der Waals surface area contributed by atoms with Crippen molar-refractivity contribution in [3.8, 4) is 17.2 Å². The van der Waals surface area contributed by atoms with Crippen molar-refractivity contribution >= 4 is 17.3 Å². The van der Waals surface area contributed by atoms with Crippen molar-refractivity contribution in [3.63, 3.8) is 0 Å². The highest BCUT2D eigenvalue weighted by Gasteiger charge is 2.21. The fraction of sp³-hybridized carbons (Fsp3) is 0.278. The minimum absolute atomic E-state index is 0.150. The first-order valence-corrected chi connectivity index (χ1v) is 7.92.